The minimum atomic E-state index is -0.341. The molecule has 0 fully saturated rings. The molecule has 0 aliphatic heterocycles. The molecule has 0 radical (unpaired) electrons. The lowest BCUT2D eigenvalue weighted by molar-refractivity contribution is -0.116. The number of rotatable bonds is 4. The molecule has 0 saturated heterocycles. The standard InChI is InChI=1S/C21H15FIN3O2S/c1-12-8-15(23)6-7-17(12)25-18(27)9-26-11-24-20-19(21(26)28)16(10-29-20)13-2-4-14(22)5-3-13/h2-8,10-11H,9H2,1H3,(H,25,27). The molecule has 5 nitrogen and oxygen atoms in total. The third kappa shape index (κ3) is 4.08. The van der Waals surface area contributed by atoms with Crippen LogP contribution in [0.5, 0.6) is 0 Å². The molecule has 0 saturated carbocycles. The Bertz CT molecular complexity index is 1280. The summed E-state index contributed by atoms with van der Waals surface area (Å²) >= 11 is 3.55. The molecule has 0 atom stereocenters. The van der Waals surface area contributed by atoms with Crippen LogP contribution in [-0.4, -0.2) is 15.5 Å². The number of thiophene rings is 1. The van der Waals surface area contributed by atoms with Crippen molar-refractivity contribution in [2.75, 3.05) is 5.32 Å². The zero-order valence-electron chi connectivity index (χ0n) is 15.3. The summed E-state index contributed by atoms with van der Waals surface area (Å²) < 4.78 is 15.6. The van der Waals surface area contributed by atoms with E-state index in [1.807, 2.05) is 30.5 Å². The first-order valence-electron chi connectivity index (χ1n) is 8.71. The summed E-state index contributed by atoms with van der Waals surface area (Å²) in [7, 11) is 0. The van der Waals surface area contributed by atoms with Crippen molar-refractivity contribution in [3.8, 4) is 11.1 Å². The van der Waals surface area contributed by atoms with Crippen LogP contribution in [0.25, 0.3) is 21.3 Å². The van der Waals surface area contributed by atoms with Gasteiger partial charge in [0.2, 0.25) is 5.91 Å². The fourth-order valence-corrected chi connectivity index (χ4v) is 4.59. The summed E-state index contributed by atoms with van der Waals surface area (Å²) in [5.41, 5.74) is 2.77. The Morgan fingerprint density at radius 1 is 1.24 bits per heavy atom. The largest absolute Gasteiger partial charge is 0.324 e. The number of aromatic nitrogens is 2. The molecule has 2 aromatic carbocycles. The molecule has 1 N–H and O–H groups in total. The lowest BCUT2D eigenvalue weighted by atomic mass is 10.1. The summed E-state index contributed by atoms with van der Waals surface area (Å²) in [5, 5.41) is 5.10. The topological polar surface area (TPSA) is 64.0 Å². The van der Waals surface area contributed by atoms with Crippen molar-refractivity contribution in [2.45, 2.75) is 13.5 Å². The number of benzene rings is 2. The van der Waals surface area contributed by atoms with Crippen LogP contribution in [0.15, 0.2) is 59.0 Å². The highest BCUT2D eigenvalue weighted by Gasteiger charge is 2.15. The van der Waals surface area contributed by atoms with Gasteiger partial charge < -0.3 is 5.32 Å². The summed E-state index contributed by atoms with van der Waals surface area (Å²) in [6, 6.07) is 11.7. The van der Waals surface area contributed by atoms with Gasteiger partial charge in [0, 0.05) is 20.2 Å². The van der Waals surface area contributed by atoms with Crippen molar-refractivity contribution >= 4 is 55.7 Å². The summed E-state index contributed by atoms with van der Waals surface area (Å²) in [4.78, 5) is 30.4. The van der Waals surface area contributed by atoms with Crippen LogP contribution >= 0.6 is 33.9 Å². The molecule has 2 aromatic heterocycles. The smallest absolute Gasteiger partial charge is 0.263 e. The van der Waals surface area contributed by atoms with E-state index in [4.69, 9.17) is 0 Å². The Morgan fingerprint density at radius 3 is 2.72 bits per heavy atom. The third-order valence-corrected chi connectivity index (χ3v) is 6.05. The van der Waals surface area contributed by atoms with E-state index in [1.54, 1.807) is 12.1 Å². The van der Waals surface area contributed by atoms with E-state index in [9.17, 15) is 14.0 Å². The van der Waals surface area contributed by atoms with Crippen LogP contribution in [0.2, 0.25) is 0 Å². The Morgan fingerprint density at radius 2 is 2.00 bits per heavy atom. The molecule has 0 aliphatic rings. The first-order chi connectivity index (χ1) is 13.9. The molecule has 1 amide bonds. The number of hydrogen-bond donors (Lipinski definition) is 1. The number of fused-ring (bicyclic) bond motifs is 1. The second-order valence-electron chi connectivity index (χ2n) is 6.52. The van der Waals surface area contributed by atoms with E-state index in [-0.39, 0.29) is 23.8 Å². The molecule has 0 aliphatic carbocycles. The molecule has 0 unspecified atom stereocenters. The number of halogens is 2. The highest BCUT2D eigenvalue weighted by molar-refractivity contribution is 14.1. The van der Waals surface area contributed by atoms with Gasteiger partial charge in [0.05, 0.1) is 11.7 Å². The molecule has 2 heterocycles. The predicted octanol–water partition coefficient (Wildman–Crippen LogP) is 4.82. The summed E-state index contributed by atoms with van der Waals surface area (Å²) in [5.74, 6) is -0.650. The Hall–Kier alpha value is -2.59. The molecule has 29 heavy (non-hydrogen) atoms. The van der Waals surface area contributed by atoms with E-state index in [2.05, 4.69) is 32.9 Å². The van der Waals surface area contributed by atoms with Gasteiger partial charge in [0.1, 0.15) is 17.2 Å². The van der Waals surface area contributed by atoms with Crippen molar-refractivity contribution in [3.05, 3.63) is 79.5 Å². The van der Waals surface area contributed by atoms with Crippen molar-refractivity contribution in [3.63, 3.8) is 0 Å². The Kier molecular flexibility index (Phi) is 5.46. The zero-order chi connectivity index (χ0) is 20.5. The van der Waals surface area contributed by atoms with Gasteiger partial charge in [-0.2, -0.15) is 0 Å². The normalized spacial score (nSPS) is 11.0. The highest BCUT2D eigenvalue weighted by Crippen LogP contribution is 2.30. The molecular weight excluding hydrogens is 504 g/mol. The molecule has 8 heteroatoms. The molecule has 4 aromatic rings. The lowest BCUT2D eigenvalue weighted by Gasteiger charge is -2.10. The van der Waals surface area contributed by atoms with Crippen molar-refractivity contribution < 1.29 is 9.18 Å². The number of anilines is 1. The van der Waals surface area contributed by atoms with E-state index in [0.717, 1.165) is 14.7 Å². The fraction of sp³-hybridized carbons (Fsp3) is 0.0952. The Balaban J connectivity index is 1.65. The van der Waals surface area contributed by atoms with Gasteiger partial charge in [-0.05, 0) is 71.0 Å². The average molecular weight is 519 g/mol. The maximum absolute atomic E-state index is 13.2. The minimum Gasteiger partial charge on any atom is -0.324 e. The maximum Gasteiger partial charge on any atom is 0.263 e. The predicted molar refractivity (Wildman–Crippen MR) is 122 cm³/mol. The number of aryl methyl sites for hydroxylation is 1. The number of carbonyl (C=O) groups is 1. The van der Waals surface area contributed by atoms with Gasteiger partial charge in [-0.1, -0.05) is 12.1 Å². The second kappa shape index (κ2) is 8.03. The quantitative estimate of drug-likeness (QED) is 0.394. The summed E-state index contributed by atoms with van der Waals surface area (Å²) in [6.07, 6.45) is 1.38. The number of carbonyl (C=O) groups excluding carboxylic acids is 1. The van der Waals surface area contributed by atoms with Gasteiger partial charge >= 0.3 is 0 Å². The lowest BCUT2D eigenvalue weighted by Crippen LogP contribution is -2.28. The van der Waals surface area contributed by atoms with E-state index in [0.29, 0.717) is 21.5 Å². The third-order valence-electron chi connectivity index (χ3n) is 4.49. The maximum atomic E-state index is 13.2. The number of nitrogens with one attached hydrogen (secondary N) is 1. The van der Waals surface area contributed by atoms with E-state index >= 15 is 0 Å². The van der Waals surface area contributed by atoms with Crippen LogP contribution < -0.4 is 10.9 Å². The molecule has 4 rings (SSSR count). The number of amides is 1. The number of hydrogen-bond acceptors (Lipinski definition) is 4. The Labute approximate surface area is 183 Å². The average Bonchev–Trinajstić information content (AvgIpc) is 3.12. The van der Waals surface area contributed by atoms with E-state index in [1.165, 1.54) is 34.4 Å². The van der Waals surface area contributed by atoms with Gasteiger partial charge in [-0.3, -0.25) is 14.2 Å². The molecule has 0 bridgehead atoms. The molecule has 146 valence electrons. The SMILES string of the molecule is Cc1cc(I)ccc1NC(=O)Cn1cnc2scc(-c3ccc(F)cc3)c2c1=O. The minimum absolute atomic E-state index is 0.147. The van der Waals surface area contributed by atoms with E-state index < -0.39 is 0 Å². The van der Waals surface area contributed by atoms with Crippen LogP contribution in [0, 0.1) is 16.3 Å². The highest BCUT2D eigenvalue weighted by atomic mass is 127. The van der Waals surface area contributed by atoms with Crippen molar-refractivity contribution in [1.29, 1.82) is 0 Å². The van der Waals surface area contributed by atoms with Gasteiger partial charge in [0.25, 0.3) is 5.56 Å². The van der Waals surface area contributed by atoms with Gasteiger partial charge in [0.15, 0.2) is 0 Å². The van der Waals surface area contributed by atoms with Crippen LogP contribution in [-0.2, 0) is 11.3 Å². The zero-order valence-corrected chi connectivity index (χ0v) is 18.3. The van der Waals surface area contributed by atoms with Crippen LogP contribution in [0.1, 0.15) is 5.56 Å². The monoisotopic (exact) mass is 519 g/mol. The van der Waals surface area contributed by atoms with Gasteiger partial charge in [-0.25, -0.2) is 9.37 Å². The second-order valence-corrected chi connectivity index (χ2v) is 8.63. The first kappa shape index (κ1) is 19.7. The molecule has 0 spiro atoms. The fourth-order valence-electron chi connectivity index (χ4n) is 3.03. The molecular formula is C21H15FIN3O2S. The first-order valence-corrected chi connectivity index (χ1v) is 10.7. The van der Waals surface area contributed by atoms with Crippen LogP contribution in [0.4, 0.5) is 10.1 Å². The summed E-state index contributed by atoms with van der Waals surface area (Å²) in [6.45, 7) is 1.77. The van der Waals surface area contributed by atoms with Crippen molar-refractivity contribution in [2.24, 2.45) is 0 Å². The van der Waals surface area contributed by atoms with Crippen LogP contribution in [0.3, 0.4) is 0 Å². The van der Waals surface area contributed by atoms with Crippen molar-refractivity contribution in [1.82, 2.24) is 9.55 Å². The number of nitrogens with zero attached hydrogens (tertiary/aromatic N) is 2. The van der Waals surface area contributed by atoms with Gasteiger partial charge in [-0.15, -0.1) is 11.3 Å².